The topological polar surface area (TPSA) is 79.6 Å². The van der Waals surface area contributed by atoms with Crippen LogP contribution in [0.4, 0.5) is 10.5 Å². The van der Waals surface area contributed by atoms with Crippen molar-refractivity contribution in [1.82, 2.24) is 10.2 Å². The van der Waals surface area contributed by atoms with Gasteiger partial charge in [0.2, 0.25) is 0 Å². The normalized spacial score (nSPS) is 28.6. The Bertz CT molecular complexity index is 1070. The highest BCUT2D eigenvalue weighted by molar-refractivity contribution is 5.96. The highest BCUT2D eigenvalue weighted by Gasteiger charge is 2.56. The van der Waals surface area contributed by atoms with Crippen molar-refractivity contribution in [3.63, 3.8) is 0 Å². The van der Waals surface area contributed by atoms with Crippen LogP contribution in [0.15, 0.2) is 54.6 Å². The summed E-state index contributed by atoms with van der Waals surface area (Å²) in [6.45, 7) is 0.921. The second-order valence-corrected chi connectivity index (χ2v) is 10.1. The Labute approximate surface area is 195 Å². The van der Waals surface area contributed by atoms with Crippen LogP contribution in [-0.4, -0.2) is 47.3 Å². The third-order valence-corrected chi connectivity index (χ3v) is 8.38. The van der Waals surface area contributed by atoms with Gasteiger partial charge in [-0.15, -0.1) is 0 Å². The van der Waals surface area contributed by atoms with E-state index in [0.717, 1.165) is 44.9 Å². The fraction of sp³-hybridized carbons (Fsp3) is 0.481. The predicted octanol–water partition coefficient (Wildman–Crippen LogP) is 4.14. The van der Waals surface area contributed by atoms with Crippen LogP contribution in [0.25, 0.3) is 0 Å². The summed E-state index contributed by atoms with van der Waals surface area (Å²) in [6.07, 6.45) is 5.99. The van der Waals surface area contributed by atoms with Gasteiger partial charge in [-0.3, -0.25) is 4.90 Å². The number of β-amino-alcohol motifs (C(OH)–C–C–N with tert-alkyl or cyclic N) is 1. The van der Waals surface area contributed by atoms with Gasteiger partial charge in [-0.05, 0) is 69.7 Å². The Morgan fingerprint density at radius 3 is 2.27 bits per heavy atom. The number of carbonyl (C=O) groups excluding carboxylic acids is 1. The Kier molecular flexibility index (Phi) is 5.43. The van der Waals surface area contributed by atoms with Crippen molar-refractivity contribution in [2.45, 2.75) is 61.6 Å². The lowest BCUT2D eigenvalue weighted by atomic mass is 9.68. The maximum atomic E-state index is 13.8. The number of para-hydroxylation sites is 1. The number of urea groups is 1. The number of hydrogen-bond acceptors (Lipinski definition) is 4. The fourth-order valence-electron chi connectivity index (χ4n) is 6.07. The Balaban J connectivity index is 1.48. The first-order chi connectivity index (χ1) is 15.9. The fourth-order valence-corrected chi connectivity index (χ4v) is 6.07. The molecular weight excluding hydrogens is 412 g/mol. The average molecular weight is 445 g/mol. The standard InChI is InChI=1S/C27H32N4O2/c1-29-27(22-9-3-2-4-10-22)16-14-25(15-17-27)19-30(23-11-6-5-8-21(23)18-28)24(32)31(25)20-26(33)12-7-13-26/h2-6,8-11,29,33H,7,12-17,19-20H2,1H3/t25-,27+. The minimum atomic E-state index is -0.787. The lowest BCUT2D eigenvalue weighted by molar-refractivity contribution is -0.0690. The molecule has 0 radical (unpaired) electrons. The molecule has 172 valence electrons. The molecule has 0 bridgehead atoms. The number of amides is 2. The van der Waals surface area contributed by atoms with E-state index in [4.69, 9.17) is 0 Å². The number of rotatable bonds is 5. The summed E-state index contributed by atoms with van der Waals surface area (Å²) in [6, 6.07) is 20.0. The molecule has 0 atom stereocenters. The first-order valence-corrected chi connectivity index (χ1v) is 12.0. The zero-order valence-corrected chi connectivity index (χ0v) is 19.3. The van der Waals surface area contributed by atoms with Gasteiger partial charge in [-0.2, -0.15) is 5.26 Å². The molecule has 6 nitrogen and oxygen atoms in total. The van der Waals surface area contributed by atoms with Gasteiger partial charge in [-0.1, -0.05) is 42.5 Å². The molecule has 2 aliphatic carbocycles. The third kappa shape index (κ3) is 3.60. The molecule has 0 aromatic heterocycles. The van der Waals surface area contributed by atoms with Crippen LogP contribution in [0.5, 0.6) is 0 Å². The van der Waals surface area contributed by atoms with Gasteiger partial charge in [0.05, 0.1) is 35.5 Å². The summed E-state index contributed by atoms with van der Waals surface area (Å²) in [5, 5.41) is 24.2. The van der Waals surface area contributed by atoms with Gasteiger partial charge in [0.1, 0.15) is 6.07 Å². The van der Waals surface area contributed by atoms with E-state index in [0.29, 0.717) is 24.3 Å². The molecular formula is C27H32N4O2. The lowest BCUT2D eigenvalue weighted by Crippen LogP contribution is -2.59. The van der Waals surface area contributed by atoms with E-state index in [1.807, 2.05) is 36.2 Å². The van der Waals surface area contributed by atoms with E-state index in [2.05, 4.69) is 35.7 Å². The highest BCUT2D eigenvalue weighted by Crippen LogP contribution is 2.49. The summed E-state index contributed by atoms with van der Waals surface area (Å²) >= 11 is 0. The number of nitrogens with zero attached hydrogens (tertiary/aromatic N) is 3. The molecule has 6 heteroatoms. The van der Waals surface area contributed by atoms with Crippen LogP contribution >= 0.6 is 0 Å². The molecule has 2 N–H and O–H groups in total. The highest BCUT2D eigenvalue weighted by atomic mass is 16.3. The van der Waals surface area contributed by atoms with Crippen molar-refractivity contribution >= 4 is 11.7 Å². The maximum Gasteiger partial charge on any atom is 0.325 e. The van der Waals surface area contributed by atoms with Crippen molar-refractivity contribution in [2.24, 2.45) is 0 Å². The summed E-state index contributed by atoms with van der Waals surface area (Å²) in [7, 11) is 2.02. The van der Waals surface area contributed by atoms with E-state index >= 15 is 0 Å². The van der Waals surface area contributed by atoms with Crippen LogP contribution in [0.3, 0.4) is 0 Å². The molecule has 2 saturated carbocycles. The Morgan fingerprint density at radius 1 is 1.00 bits per heavy atom. The van der Waals surface area contributed by atoms with E-state index in [-0.39, 0.29) is 17.1 Å². The van der Waals surface area contributed by atoms with E-state index < -0.39 is 5.60 Å². The van der Waals surface area contributed by atoms with Crippen molar-refractivity contribution < 1.29 is 9.90 Å². The molecule has 5 rings (SSSR count). The second kappa shape index (κ2) is 8.16. The van der Waals surface area contributed by atoms with Crippen LogP contribution in [0.2, 0.25) is 0 Å². The van der Waals surface area contributed by atoms with Crippen molar-refractivity contribution in [3.8, 4) is 6.07 Å². The first kappa shape index (κ1) is 21.9. The van der Waals surface area contributed by atoms with E-state index in [1.54, 1.807) is 11.0 Å². The number of benzene rings is 2. The molecule has 1 saturated heterocycles. The van der Waals surface area contributed by atoms with Crippen molar-refractivity contribution in [1.29, 1.82) is 5.26 Å². The number of aliphatic hydroxyl groups is 1. The van der Waals surface area contributed by atoms with Crippen molar-refractivity contribution in [2.75, 3.05) is 25.0 Å². The van der Waals surface area contributed by atoms with Gasteiger partial charge in [0, 0.05) is 5.54 Å². The molecule has 1 spiro atoms. The minimum absolute atomic E-state index is 0.0882. The van der Waals surface area contributed by atoms with Crippen LogP contribution < -0.4 is 10.2 Å². The smallest absolute Gasteiger partial charge is 0.325 e. The molecule has 1 heterocycles. The predicted molar refractivity (Wildman–Crippen MR) is 128 cm³/mol. The SMILES string of the molecule is CN[C@]1(c2ccccc2)CC[C@]2(CC1)CN(c1ccccc1C#N)C(=O)N2CC1(O)CCC1. The van der Waals surface area contributed by atoms with Crippen LogP contribution in [0.1, 0.15) is 56.1 Å². The quantitative estimate of drug-likeness (QED) is 0.726. The largest absolute Gasteiger partial charge is 0.388 e. The second-order valence-electron chi connectivity index (χ2n) is 10.1. The number of nitriles is 1. The van der Waals surface area contributed by atoms with Gasteiger partial charge in [-0.25, -0.2) is 4.79 Å². The van der Waals surface area contributed by atoms with Crippen LogP contribution in [0, 0.1) is 11.3 Å². The van der Waals surface area contributed by atoms with Gasteiger partial charge < -0.3 is 15.3 Å². The summed E-state index contributed by atoms with van der Waals surface area (Å²) in [5.41, 5.74) is 1.20. The number of anilines is 1. The Hall–Kier alpha value is -2.88. The van der Waals surface area contributed by atoms with Gasteiger partial charge >= 0.3 is 6.03 Å². The molecule has 2 amide bonds. The molecule has 1 aliphatic heterocycles. The van der Waals surface area contributed by atoms with E-state index in [9.17, 15) is 15.2 Å². The number of carbonyl (C=O) groups is 1. The maximum absolute atomic E-state index is 13.8. The van der Waals surface area contributed by atoms with Gasteiger partial charge in [0.15, 0.2) is 0 Å². The first-order valence-electron chi connectivity index (χ1n) is 12.0. The Morgan fingerprint density at radius 2 is 1.67 bits per heavy atom. The van der Waals surface area contributed by atoms with E-state index in [1.165, 1.54) is 5.56 Å². The molecule has 0 unspecified atom stereocenters. The molecule has 33 heavy (non-hydrogen) atoms. The summed E-state index contributed by atoms with van der Waals surface area (Å²) < 4.78 is 0. The van der Waals surface area contributed by atoms with Crippen molar-refractivity contribution in [3.05, 3.63) is 65.7 Å². The number of hydrogen-bond donors (Lipinski definition) is 2. The van der Waals surface area contributed by atoms with Gasteiger partial charge in [0.25, 0.3) is 0 Å². The summed E-state index contributed by atoms with van der Waals surface area (Å²) in [5.74, 6) is 0. The molecule has 3 aliphatic rings. The molecule has 3 fully saturated rings. The van der Waals surface area contributed by atoms with Crippen LogP contribution in [-0.2, 0) is 5.54 Å². The monoisotopic (exact) mass is 444 g/mol. The molecule has 2 aromatic carbocycles. The third-order valence-electron chi connectivity index (χ3n) is 8.38. The average Bonchev–Trinajstić information content (AvgIpc) is 3.10. The lowest BCUT2D eigenvalue weighted by Gasteiger charge is -2.50. The minimum Gasteiger partial charge on any atom is -0.388 e. The number of nitrogens with one attached hydrogen (secondary N) is 1. The summed E-state index contributed by atoms with van der Waals surface area (Å²) in [4.78, 5) is 17.5. The zero-order chi connectivity index (χ0) is 23.1. The zero-order valence-electron chi connectivity index (χ0n) is 19.3. The molecule has 2 aromatic rings.